The summed E-state index contributed by atoms with van der Waals surface area (Å²) >= 11 is 2.47. The molecule has 10 heteroatoms. The molecular weight excluding hydrogens is 350 g/mol. The lowest BCUT2D eigenvalue weighted by Gasteiger charge is -2.07. The number of nitrogen functional groups attached to an aromatic ring is 1. The molecule has 0 aliphatic rings. The van der Waals surface area contributed by atoms with Crippen molar-refractivity contribution in [2.24, 2.45) is 0 Å². The van der Waals surface area contributed by atoms with Crippen molar-refractivity contribution in [3.05, 3.63) is 22.3 Å². The van der Waals surface area contributed by atoms with Gasteiger partial charge in [-0.15, -0.1) is 21.5 Å². The van der Waals surface area contributed by atoms with E-state index in [1.165, 1.54) is 18.8 Å². The van der Waals surface area contributed by atoms with Gasteiger partial charge in [0.15, 0.2) is 5.16 Å². The number of nitrogens with zero attached hydrogens (tertiary/aromatic N) is 3. The summed E-state index contributed by atoms with van der Waals surface area (Å²) in [5, 5.41) is 11.5. The Balaban J connectivity index is 2.37. The third kappa shape index (κ3) is 3.70. The van der Waals surface area contributed by atoms with Crippen molar-refractivity contribution in [3.63, 3.8) is 0 Å². The fourth-order valence-corrected chi connectivity index (χ4v) is 4.18. The van der Waals surface area contributed by atoms with Gasteiger partial charge < -0.3 is 20.4 Å². The van der Waals surface area contributed by atoms with Crippen LogP contribution in [-0.2, 0) is 17.0 Å². The van der Waals surface area contributed by atoms with Crippen molar-refractivity contribution in [2.45, 2.75) is 31.3 Å². The number of esters is 1. The molecule has 0 fully saturated rings. The zero-order chi connectivity index (χ0) is 17.7. The number of ether oxygens (including phenoxy) is 1. The Hall–Kier alpha value is -2.07. The highest BCUT2D eigenvalue weighted by atomic mass is 32.2. The van der Waals surface area contributed by atoms with Crippen molar-refractivity contribution < 1.29 is 14.3 Å². The summed E-state index contributed by atoms with van der Waals surface area (Å²) in [6.07, 6.45) is 1.64. The third-order valence-corrected chi connectivity index (χ3v) is 5.28. The molecule has 24 heavy (non-hydrogen) atoms. The minimum atomic E-state index is -0.519. The number of hydrogen-bond acceptors (Lipinski definition) is 8. The minimum absolute atomic E-state index is 0.236. The predicted molar refractivity (Wildman–Crippen MR) is 93.3 cm³/mol. The molecule has 0 aliphatic heterocycles. The first-order valence-electron chi connectivity index (χ1n) is 7.34. The van der Waals surface area contributed by atoms with Crippen LogP contribution in [0.3, 0.4) is 0 Å². The third-order valence-electron chi connectivity index (χ3n) is 3.21. The molecule has 2 heterocycles. The van der Waals surface area contributed by atoms with E-state index in [1.807, 2.05) is 11.5 Å². The maximum absolute atomic E-state index is 12.2. The molecule has 2 rings (SSSR count). The monoisotopic (exact) mass is 369 g/mol. The highest BCUT2D eigenvalue weighted by Gasteiger charge is 2.26. The maximum atomic E-state index is 12.2. The van der Waals surface area contributed by atoms with E-state index in [2.05, 4.69) is 15.5 Å². The van der Waals surface area contributed by atoms with Gasteiger partial charge in [0.25, 0.3) is 5.91 Å². The topological polar surface area (TPSA) is 112 Å². The molecule has 8 nitrogen and oxygen atoms in total. The molecule has 3 N–H and O–H groups in total. The predicted octanol–water partition coefficient (Wildman–Crippen LogP) is 1.77. The molecule has 0 saturated heterocycles. The Bertz CT molecular complexity index is 741. The fourth-order valence-electron chi connectivity index (χ4n) is 2.06. The van der Waals surface area contributed by atoms with Gasteiger partial charge in [-0.3, -0.25) is 4.79 Å². The Morgan fingerprint density at radius 2 is 2.21 bits per heavy atom. The number of hydrogen-bond donors (Lipinski definition) is 2. The maximum Gasteiger partial charge on any atom is 0.341 e. The van der Waals surface area contributed by atoms with E-state index in [9.17, 15) is 9.59 Å². The summed E-state index contributed by atoms with van der Waals surface area (Å²) < 4.78 is 6.95. The number of nitrogens with one attached hydrogen (secondary N) is 1. The van der Waals surface area contributed by atoms with Crippen molar-refractivity contribution in [1.29, 1.82) is 0 Å². The summed E-state index contributed by atoms with van der Waals surface area (Å²) in [5.41, 5.74) is 6.79. The Kier molecular flexibility index (Phi) is 6.21. The van der Waals surface area contributed by atoms with Crippen LogP contribution in [0.15, 0.2) is 11.5 Å². The number of carbonyl (C=O) groups excluding carboxylic acids is 2. The Morgan fingerprint density at radius 1 is 1.46 bits per heavy atom. The van der Waals surface area contributed by atoms with Gasteiger partial charge >= 0.3 is 5.97 Å². The number of aryl methyl sites for hydroxylation is 1. The van der Waals surface area contributed by atoms with Crippen molar-refractivity contribution in [1.82, 2.24) is 20.1 Å². The van der Waals surface area contributed by atoms with Crippen LogP contribution in [0.25, 0.3) is 0 Å². The second kappa shape index (κ2) is 8.15. The molecule has 130 valence electrons. The van der Waals surface area contributed by atoms with Gasteiger partial charge in [-0.1, -0.05) is 11.8 Å². The molecule has 0 bridgehead atoms. The van der Waals surface area contributed by atoms with Crippen molar-refractivity contribution in [2.75, 3.05) is 19.4 Å². The van der Waals surface area contributed by atoms with Gasteiger partial charge in [0.1, 0.15) is 11.3 Å². The SMILES string of the molecule is CCOC(=O)c1c(N)sc(C(=O)NC)c1CSc1nncn1CC. The highest BCUT2D eigenvalue weighted by molar-refractivity contribution is 7.98. The van der Waals surface area contributed by atoms with Crippen LogP contribution in [0, 0.1) is 0 Å². The number of nitrogens with two attached hydrogens (primary N) is 1. The number of carbonyl (C=O) groups is 2. The van der Waals surface area contributed by atoms with Gasteiger partial charge in [-0.05, 0) is 13.8 Å². The number of thioether (sulfide) groups is 1. The fraction of sp³-hybridized carbons (Fsp3) is 0.429. The van der Waals surface area contributed by atoms with Gasteiger partial charge in [-0.25, -0.2) is 4.79 Å². The van der Waals surface area contributed by atoms with Gasteiger partial charge in [0.05, 0.1) is 17.0 Å². The molecule has 0 saturated carbocycles. The molecule has 0 aromatic carbocycles. The lowest BCUT2D eigenvalue weighted by Crippen LogP contribution is -2.18. The quantitative estimate of drug-likeness (QED) is 0.565. The number of rotatable bonds is 7. The normalized spacial score (nSPS) is 10.6. The Labute approximate surface area is 147 Å². The zero-order valence-electron chi connectivity index (χ0n) is 13.7. The molecule has 2 aromatic rings. The van der Waals surface area contributed by atoms with Gasteiger partial charge in [0, 0.05) is 24.9 Å². The van der Waals surface area contributed by atoms with Crippen LogP contribution < -0.4 is 11.1 Å². The minimum Gasteiger partial charge on any atom is -0.462 e. The molecule has 1 amide bonds. The van der Waals surface area contributed by atoms with Crippen molar-refractivity contribution >= 4 is 40.0 Å². The van der Waals surface area contributed by atoms with Crippen LogP contribution in [-0.4, -0.2) is 40.3 Å². The Morgan fingerprint density at radius 3 is 2.83 bits per heavy atom. The highest BCUT2D eigenvalue weighted by Crippen LogP contribution is 2.35. The molecule has 0 aliphatic carbocycles. The summed E-state index contributed by atoms with van der Waals surface area (Å²) in [5.74, 6) is -0.438. The average Bonchev–Trinajstić information content (AvgIpc) is 3.15. The standard InChI is InChI=1S/C14H19N5O3S2/c1-4-19-7-17-18-14(19)23-6-8-9(13(21)22-5-2)11(15)24-10(8)12(20)16-3/h7H,4-6,15H2,1-3H3,(H,16,20). The van der Waals surface area contributed by atoms with Crippen LogP contribution in [0.5, 0.6) is 0 Å². The second-order valence-corrected chi connectivity index (χ2v) is 6.63. The summed E-state index contributed by atoms with van der Waals surface area (Å²) in [6, 6.07) is 0. The molecule has 0 atom stereocenters. The van der Waals surface area contributed by atoms with E-state index in [0.29, 0.717) is 21.3 Å². The first-order valence-corrected chi connectivity index (χ1v) is 9.14. The lowest BCUT2D eigenvalue weighted by atomic mass is 10.1. The number of anilines is 1. The van der Waals surface area contributed by atoms with E-state index < -0.39 is 5.97 Å². The van der Waals surface area contributed by atoms with Gasteiger partial charge in [-0.2, -0.15) is 0 Å². The summed E-state index contributed by atoms with van der Waals surface area (Å²) in [7, 11) is 1.53. The van der Waals surface area contributed by atoms with Crippen LogP contribution in [0.2, 0.25) is 0 Å². The second-order valence-electron chi connectivity index (χ2n) is 4.64. The molecule has 0 spiro atoms. The number of thiophene rings is 1. The van der Waals surface area contributed by atoms with Crippen molar-refractivity contribution in [3.8, 4) is 0 Å². The van der Waals surface area contributed by atoms with E-state index in [4.69, 9.17) is 10.5 Å². The molecular formula is C14H19N5O3S2. The summed E-state index contributed by atoms with van der Waals surface area (Å²) in [4.78, 5) is 24.7. The molecule has 0 unspecified atom stereocenters. The van der Waals surface area contributed by atoms with E-state index in [1.54, 1.807) is 13.3 Å². The van der Waals surface area contributed by atoms with Crippen LogP contribution >= 0.6 is 23.1 Å². The van der Waals surface area contributed by atoms with Gasteiger partial charge in [0.2, 0.25) is 0 Å². The lowest BCUT2D eigenvalue weighted by molar-refractivity contribution is 0.0527. The largest absolute Gasteiger partial charge is 0.462 e. The first-order chi connectivity index (χ1) is 11.5. The van der Waals surface area contributed by atoms with Crippen LogP contribution in [0.1, 0.15) is 39.4 Å². The van der Waals surface area contributed by atoms with E-state index in [-0.39, 0.29) is 23.1 Å². The van der Waals surface area contributed by atoms with Crippen LogP contribution in [0.4, 0.5) is 5.00 Å². The van der Waals surface area contributed by atoms with E-state index >= 15 is 0 Å². The number of amides is 1. The first kappa shape index (κ1) is 18.3. The summed E-state index contributed by atoms with van der Waals surface area (Å²) in [6.45, 7) is 4.67. The number of aromatic nitrogens is 3. The van der Waals surface area contributed by atoms with E-state index in [0.717, 1.165) is 17.9 Å². The smallest absolute Gasteiger partial charge is 0.341 e. The average molecular weight is 369 g/mol. The molecule has 2 aromatic heterocycles. The zero-order valence-corrected chi connectivity index (χ0v) is 15.3. The molecule has 0 radical (unpaired) electrons.